The predicted octanol–water partition coefficient (Wildman–Crippen LogP) is 2.20. The molecule has 8 nitrogen and oxygen atoms in total. The van der Waals surface area contributed by atoms with Crippen molar-refractivity contribution < 1.29 is 28.7 Å². The molecule has 0 bridgehead atoms. The molecule has 0 aliphatic carbocycles. The number of ether oxygens (including phenoxy) is 2. The Bertz CT molecular complexity index is 892. The van der Waals surface area contributed by atoms with E-state index in [0.29, 0.717) is 22.6 Å². The van der Waals surface area contributed by atoms with Crippen molar-refractivity contribution in [3.63, 3.8) is 0 Å². The predicted molar refractivity (Wildman–Crippen MR) is 106 cm³/mol. The number of methoxy groups -OCH3 is 1. The van der Waals surface area contributed by atoms with Gasteiger partial charge in [-0.25, -0.2) is 0 Å². The molecule has 0 saturated heterocycles. The molecule has 0 fully saturated rings. The summed E-state index contributed by atoms with van der Waals surface area (Å²) in [4.78, 5) is 47.0. The Balaban J connectivity index is 1.74. The Morgan fingerprint density at radius 1 is 0.966 bits per heavy atom. The number of carbonyl (C=O) groups is 4. The van der Waals surface area contributed by atoms with Gasteiger partial charge in [0.25, 0.3) is 5.91 Å². The summed E-state index contributed by atoms with van der Waals surface area (Å²) in [6, 6.07) is 13.0. The van der Waals surface area contributed by atoms with Gasteiger partial charge in [0.1, 0.15) is 5.75 Å². The van der Waals surface area contributed by atoms with Crippen molar-refractivity contribution in [3.8, 4) is 5.75 Å². The second-order valence-electron chi connectivity index (χ2n) is 6.05. The number of para-hydroxylation sites is 1. The first-order valence-electron chi connectivity index (χ1n) is 8.88. The fourth-order valence-corrected chi connectivity index (χ4v) is 2.45. The molecule has 0 aromatic heterocycles. The lowest BCUT2D eigenvalue weighted by Gasteiger charge is -2.09. The normalized spacial score (nSPS) is 10.0. The standard InChI is InChI=1S/C21H22N2O6/c1-14(24)23-16-9-7-15(8-10-16)18(25)13-29-20(26)11-12-22-21(27)17-5-3-4-6-19(17)28-2/h3-10H,11-13H2,1-2H3,(H,22,27)(H,23,24). The molecule has 2 rings (SSSR count). The minimum absolute atomic E-state index is 0.0648. The number of carbonyl (C=O) groups excluding carboxylic acids is 4. The number of amides is 2. The van der Waals surface area contributed by atoms with E-state index in [2.05, 4.69) is 10.6 Å². The van der Waals surface area contributed by atoms with Gasteiger partial charge in [0, 0.05) is 24.7 Å². The van der Waals surface area contributed by atoms with Gasteiger partial charge in [0.15, 0.2) is 12.4 Å². The lowest BCUT2D eigenvalue weighted by atomic mass is 10.1. The first-order chi connectivity index (χ1) is 13.9. The van der Waals surface area contributed by atoms with E-state index in [4.69, 9.17) is 9.47 Å². The van der Waals surface area contributed by atoms with Gasteiger partial charge in [-0.2, -0.15) is 0 Å². The summed E-state index contributed by atoms with van der Waals surface area (Å²) in [5.74, 6) is -1.12. The highest BCUT2D eigenvalue weighted by Crippen LogP contribution is 2.16. The number of hydrogen-bond donors (Lipinski definition) is 2. The molecule has 29 heavy (non-hydrogen) atoms. The summed E-state index contributed by atoms with van der Waals surface area (Å²) in [5, 5.41) is 5.20. The zero-order valence-corrected chi connectivity index (χ0v) is 16.2. The van der Waals surface area contributed by atoms with E-state index in [9.17, 15) is 19.2 Å². The van der Waals surface area contributed by atoms with Gasteiger partial charge < -0.3 is 20.1 Å². The van der Waals surface area contributed by atoms with Crippen molar-refractivity contribution in [3.05, 3.63) is 59.7 Å². The Kier molecular flexibility index (Phi) is 7.90. The highest BCUT2D eigenvalue weighted by molar-refractivity contribution is 5.99. The number of Topliss-reactive ketones (excluding diaryl/α,β-unsaturated/α-hetero) is 1. The zero-order chi connectivity index (χ0) is 21.2. The Hall–Kier alpha value is -3.68. The van der Waals surface area contributed by atoms with Crippen LogP contribution in [0.1, 0.15) is 34.1 Å². The first-order valence-corrected chi connectivity index (χ1v) is 8.88. The SMILES string of the molecule is COc1ccccc1C(=O)NCCC(=O)OCC(=O)c1ccc(NC(C)=O)cc1. The van der Waals surface area contributed by atoms with Crippen LogP contribution in [0.25, 0.3) is 0 Å². The van der Waals surface area contributed by atoms with E-state index in [1.807, 2.05) is 0 Å². The molecule has 0 spiro atoms. The molecule has 2 aromatic carbocycles. The molecular formula is C21H22N2O6. The average molecular weight is 398 g/mol. The van der Waals surface area contributed by atoms with Crippen LogP contribution in [-0.2, 0) is 14.3 Å². The van der Waals surface area contributed by atoms with Crippen molar-refractivity contribution in [2.24, 2.45) is 0 Å². The lowest BCUT2D eigenvalue weighted by Crippen LogP contribution is -2.27. The molecule has 0 heterocycles. The van der Waals surface area contributed by atoms with Gasteiger partial charge in [-0.15, -0.1) is 0 Å². The van der Waals surface area contributed by atoms with Crippen molar-refractivity contribution >= 4 is 29.3 Å². The van der Waals surface area contributed by atoms with Crippen LogP contribution in [0.4, 0.5) is 5.69 Å². The topological polar surface area (TPSA) is 111 Å². The lowest BCUT2D eigenvalue weighted by molar-refractivity contribution is -0.142. The molecule has 2 N–H and O–H groups in total. The number of anilines is 1. The van der Waals surface area contributed by atoms with Crippen LogP contribution < -0.4 is 15.4 Å². The average Bonchev–Trinajstić information content (AvgIpc) is 2.72. The largest absolute Gasteiger partial charge is 0.496 e. The number of esters is 1. The van der Waals surface area contributed by atoms with Gasteiger partial charge in [-0.1, -0.05) is 12.1 Å². The highest BCUT2D eigenvalue weighted by atomic mass is 16.5. The van der Waals surface area contributed by atoms with Gasteiger partial charge in [-0.05, 0) is 36.4 Å². The smallest absolute Gasteiger partial charge is 0.308 e. The van der Waals surface area contributed by atoms with Gasteiger partial charge >= 0.3 is 5.97 Å². The van der Waals surface area contributed by atoms with Crippen LogP contribution in [-0.4, -0.2) is 43.8 Å². The third kappa shape index (κ3) is 6.76. The van der Waals surface area contributed by atoms with Crippen molar-refractivity contribution in [2.75, 3.05) is 25.6 Å². The number of benzene rings is 2. The molecule has 0 unspecified atom stereocenters. The Labute approximate surface area is 168 Å². The van der Waals surface area contributed by atoms with Gasteiger partial charge in [-0.3, -0.25) is 19.2 Å². The summed E-state index contributed by atoms with van der Waals surface area (Å²) >= 11 is 0. The van der Waals surface area contributed by atoms with Crippen molar-refractivity contribution in [1.29, 1.82) is 0 Å². The summed E-state index contributed by atoms with van der Waals surface area (Å²) in [7, 11) is 1.47. The molecule has 8 heteroatoms. The van der Waals surface area contributed by atoms with Crippen LogP contribution in [0, 0.1) is 0 Å². The molecule has 2 amide bonds. The van der Waals surface area contributed by atoms with Crippen LogP contribution in [0.5, 0.6) is 5.75 Å². The van der Waals surface area contributed by atoms with Gasteiger partial charge in [0.2, 0.25) is 5.91 Å². The van der Waals surface area contributed by atoms with E-state index >= 15 is 0 Å². The van der Waals surface area contributed by atoms with E-state index in [1.54, 1.807) is 36.4 Å². The summed E-state index contributed by atoms with van der Waals surface area (Å²) in [5.41, 5.74) is 1.29. The molecule has 0 saturated carbocycles. The highest BCUT2D eigenvalue weighted by Gasteiger charge is 2.13. The summed E-state index contributed by atoms with van der Waals surface area (Å²) in [6.07, 6.45) is -0.0738. The number of ketones is 1. The van der Waals surface area contributed by atoms with E-state index < -0.39 is 12.6 Å². The molecule has 152 valence electrons. The number of hydrogen-bond acceptors (Lipinski definition) is 6. The number of nitrogens with one attached hydrogen (secondary N) is 2. The maximum absolute atomic E-state index is 12.1. The third-order valence-corrected chi connectivity index (χ3v) is 3.86. The quantitative estimate of drug-likeness (QED) is 0.495. The third-order valence-electron chi connectivity index (χ3n) is 3.86. The van der Waals surface area contributed by atoms with E-state index in [1.165, 1.54) is 26.2 Å². The van der Waals surface area contributed by atoms with Crippen molar-refractivity contribution in [1.82, 2.24) is 5.32 Å². The van der Waals surface area contributed by atoms with E-state index in [-0.39, 0.29) is 30.6 Å². The van der Waals surface area contributed by atoms with Crippen molar-refractivity contribution in [2.45, 2.75) is 13.3 Å². The zero-order valence-electron chi connectivity index (χ0n) is 16.2. The Morgan fingerprint density at radius 2 is 1.66 bits per heavy atom. The maximum atomic E-state index is 12.1. The molecular weight excluding hydrogens is 376 g/mol. The fourth-order valence-electron chi connectivity index (χ4n) is 2.45. The van der Waals surface area contributed by atoms with E-state index in [0.717, 1.165) is 0 Å². The molecule has 0 atom stereocenters. The van der Waals surface area contributed by atoms with Crippen LogP contribution in [0.3, 0.4) is 0 Å². The molecule has 2 aromatic rings. The second-order valence-corrected chi connectivity index (χ2v) is 6.05. The maximum Gasteiger partial charge on any atom is 0.308 e. The second kappa shape index (κ2) is 10.6. The summed E-state index contributed by atoms with van der Waals surface area (Å²) < 4.78 is 10.1. The molecule has 0 aliphatic rings. The molecule has 0 aliphatic heterocycles. The monoisotopic (exact) mass is 398 g/mol. The first kappa shape index (κ1) is 21.6. The van der Waals surface area contributed by atoms with Crippen LogP contribution in [0.2, 0.25) is 0 Å². The number of rotatable bonds is 9. The van der Waals surface area contributed by atoms with Gasteiger partial charge in [0.05, 0.1) is 19.1 Å². The minimum atomic E-state index is -0.603. The fraction of sp³-hybridized carbons (Fsp3) is 0.238. The summed E-state index contributed by atoms with van der Waals surface area (Å²) in [6.45, 7) is 1.05. The van der Waals surface area contributed by atoms with Crippen LogP contribution in [0.15, 0.2) is 48.5 Å². The Morgan fingerprint density at radius 3 is 2.31 bits per heavy atom. The van der Waals surface area contributed by atoms with Crippen LogP contribution >= 0.6 is 0 Å². The minimum Gasteiger partial charge on any atom is -0.496 e. The molecule has 0 radical (unpaired) electrons.